The standard InChI is InChI=1S/2HNO2.O.Zr/c2*2-1-3;;/h2*(H,2,3);;/q;;;+2/p-2. The van der Waals surface area contributed by atoms with E-state index in [9.17, 15) is 0 Å². The van der Waals surface area contributed by atoms with E-state index < -0.39 is 0 Å². The van der Waals surface area contributed by atoms with Crippen molar-refractivity contribution in [3.63, 3.8) is 0 Å². The molecule has 0 radical (unpaired) electrons. The van der Waals surface area contributed by atoms with E-state index in [4.69, 9.17) is 23.0 Å². The normalized spacial score (nSPS) is 3.75. The van der Waals surface area contributed by atoms with Crippen molar-refractivity contribution in [1.82, 2.24) is 0 Å². The zero-order valence-electron chi connectivity index (χ0n) is 3.44. The molecule has 0 aliphatic rings. The first kappa shape index (κ1) is 15.6. The van der Waals surface area contributed by atoms with Crippen LogP contribution in [0.25, 0.3) is 0 Å². The van der Waals surface area contributed by atoms with Gasteiger partial charge in [0.2, 0.25) is 0 Å². The summed E-state index contributed by atoms with van der Waals surface area (Å²) in [6, 6.07) is 0. The Kier molecular flexibility index (Phi) is 173. The van der Waals surface area contributed by atoms with Crippen molar-refractivity contribution >= 4 is 0 Å². The minimum atomic E-state index is 0.300. The van der Waals surface area contributed by atoms with Crippen LogP contribution in [-0.2, 0) is 27.5 Å². The SMILES string of the molecule is O=N[O-].O=N[O-].[O]=[Zr+2]. The van der Waals surface area contributed by atoms with Gasteiger partial charge in [-0.3, -0.25) is 0 Å². The van der Waals surface area contributed by atoms with Crippen molar-refractivity contribution in [2.75, 3.05) is 0 Å². The Morgan fingerprint density at radius 1 is 1.00 bits per heavy atom. The topological polar surface area (TPSA) is 122 Å². The molecule has 0 aromatic heterocycles. The molecule has 0 atom stereocenters. The summed E-state index contributed by atoms with van der Waals surface area (Å²) in [5.41, 5.74) is 0. The molecule has 0 rings (SSSR count). The molecular weight excluding hydrogens is 199 g/mol. The average molecular weight is 199 g/mol. The van der Waals surface area contributed by atoms with Crippen LogP contribution in [0.4, 0.5) is 0 Å². The van der Waals surface area contributed by atoms with Crippen LogP contribution in [0.3, 0.4) is 0 Å². The molecule has 7 nitrogen and oxygen atoms in total. The number of rotatable bonds is 0. The second-order valence-electron chi connectivity index (χ2n) is 0.149. The Bertz CT molecular complexity index is 39.7. The van der Waals surface area contributed by atoms with E-state index in [2.05, 4.69) is 0 Å². The van der Waals surface area contributed by atoms with Gasteiger partial charge in [-0.25, -0.2) is 0 Å². The van der Waals surface area contributed by atoms with E-state index in [0.29, 0.717) is 24.7 Å². The van der Waals surface area contributed by atoms with E-state index in [1.807, 2.05) is 0 Å². The third kappa shape index (κ3) is 412. The molecule has 0 heterocycles. The van der Waals surface area contributed by atoms with Gasteiger partial charge in [0.05, 0.1) is 0 Å². The third-order valence-electron chi connectivity index (χ3n) is 0. The zero-order valence-corrected chi connectivity index (χ0v) is 5.89. The van der Waals surface area contributed by atoms with Gasteiger partial charge in [-0.2, -0.15) is 0 Å². The van der Waals surface area contributed by atoms with Gasteiger partial charge in [0.15, 0.2) is 0 Å². The molecule has 0 aromatic carbocycles. The van der Waals surface area contributed by atoms with Gasteiger partial charge in [0.25, 0.3) is 0 Å². The molecule has 0 aliphatic heterocycles. The molecular formula is N2O5Zr. The van der Waals surface area contributed by atoms with Crippen molar-refractivity contribution in [2.24, 2.45) is 10.7 Å². The van der Waals surface area contributed by atoms with Crippen LogP contribution < -0.4 is 0 Å². The van der Waals surface area contributed by atoms with Crippen LogP contribution in [0.1, 0.15) is 0 Å². The Morgan fingerprint density at radius 2 is 1.00 bits per heavy atom. The van der Waals surface area contributed by atoms with Crippen molar-refractivity contribution in [3.05, 3.63) is 20.2 Å². The predicted molar refractivity (Wildman–Crippen MR) is 19.0 cm³/mol. The minimum absolute atomic E-state index is 0.300. The molecule has 8 heteroatoms. The fourth-order valence-electron chi connectivity index (χ4n) is 0. The van der Waals surface area contributed by atoms with Crippen molar-refractivity contribution in [3.8, 4) is 0 Å². The van der Waals surface area contributed by atoms with Crippen molar-refractivity contribution in [1.29, 1.82) is 0 Å². The summed E-state index contributed by atoms with van der Waals surface area (Å²) in [4.78, 5) is 16.0. The van der Waals surface area contributed by atoms with Gasteiger partial charge in [0.1, 0.15) is 0 Å². The summed E-state index contributed by atoms with van der Waals surface area (Å²) in [7, 11) is 0. The second kappa shape index (κ2) is 88.6. The van der Waals surface area contributed by atoms with E-state index >= 15 is 0 Å². The summed E-state index contributed by atoms with van der Waals surface area (Å²) in [5.74, 6) is 0. The third-order valence-corrected chi connectivity index (χ3v) is 0. The number of hydrogen-bond acceptors (Lipinski definition) is 7. The van der Waals surface area contributed by atoms with Crippen LogP contribution in [0.5, 0.6) is 0 Å². The van der Waals surface area contributed by atoms with Crippen LogP contribution in [-0.4, -0.2) is 0 Å². The fourth-order valence-corrected chi connectivity index (χ4v) is 0. The summed E-state index contributed by atoms with van der Waals surface area (Å²) in [6.45, 7) is 0. The second-order valence-corrected chi connectivity index (χ2v) is 0.149. The quantitative estimate of drug-likeness (QED) is 0.412. The molecule has 0 bridgehead atoms. The molecule has 0 aliphatic carbocycles. The Balaban J connectivity index is -0.0000000483. The van der Waals surface area contributed by atoms with Gasteiger partial charge in [-0.15, -0.1) is 10.7 Å². The van der Waals surface area contributed by atoms with E-state index in [1.165, 1.54) is 0 Å². The van der Waals surface area contributed by atoms with Crippen LogP contribution >= 0.6 is 0 Å². The monoisotopic (exact) mass is 198 g/mol. The van der Waals surface area contributed by atoms with E-state index in [1.54, 1.807) is 0 Å². The molecule has 0 N–H and O–H groups in total. The molecule has 0 aromatic rings. The summed E-state index contributed by atoms with van der Waals surface area (Å²) < 4.78 is 8.34. The first-order chi connectivity index (χ1) is 3.83. The van der Waals surface area contributed by atoms with Crippen LogP contribution in [0, 0.1) is 20.2 Å². The molecule has 0 amide bonds. The first-order valence-corrected chi connectivity index (χ1v) is 1.94. The van der Waals surface area contributed by atoms with Gasteiger partial charge in [-0.05, 0) is 0 Å². The maximum atomic E-state index is 8.34. The molecule has 0 saturated carbocycles. The average Bonchev–Trinajstić information content (AvgIpc) is 1.75. The first-order valence-electron chi connectivity index (χ1n) is 0.934. The van der Waals surface area contributed by atoms with E-state index in [-0.39, 0.29) is 0 Å². The molecule has 0 fully saturated rings. The van der Waals surface area contributed by atoms with E-state index in [0.717, 1.165) is 10.7 Å². The summed E-state index contributed by atoms with van der Waals surface area (Å²) in [6.07, 6.45) is 0. The Labute approximate surface area is 58.9 Å². The van der Waals surface area contributed by atoms with Crippen molar-refractivity contribution in [2.45, 2.75) is 0 Å². The number of nitrogens with zero attached hydrogens (tertiary/aromatic N) is 2. The molecule has 0 saturated heterocycles. The van der Waals surface area contributed by atoms with Crippen LogP contribution in [0.15, 0.2) is 10.7 Å². The Hall–Kier alpha value is -0.517. The van der Waals surface area contributed by atoms with Gasteiger partial charge in [0, 0.05) is 0 Å². The fraction of sp³-hybridized carbons (Fsp3) is 0. The van der Waals surface area contributed by atoms with Gasteiger partial charge < -0.3 is 20.2 Å². The van der Waals surface area contributed by atoms with Gasteiger partial charge in [-0.1, -0.05) is 0 Å². The zero-order chi connectivity index (χ0) is 7.41. The van der Waals surface area contributed by atoms with Crippen molar-refractivity contribution < 1.29 is 27.5 Å². The molecule has 8 heavy (non-hydrogen) atoms. The predicted octanol–water partition coefficient (Wildman–Crippen LogP) is 0.380. The Morgan fingerprint density at radius 3 is 1.00 bits per heavy atom. The molecule has 44 valence electrons. The molecule has 0 unspecified atom stereocenters. The summed E-state index contributed by atoms with van der Waals surface area (Å²) in [5, 5.41) is 18.0. The molecule has 0 spiro atoms. The summed E-state index contributed by atoms with van der Waals surface area (Å²) >= 11 is 0.300. The maximum absolute atomic E-state index is 8.34. The van der Waals surface area contributed by atoms with Gasteiger partial charge >= 0.3 is 27.5 Å². The number of hydrogen-bond donors (Lipinski definition) is 0. The van der Waals surface area contributed by atoms with Crippen LogP contribution in [0.2, 0.25) is 0 Å².